The van der Waals surface area contributed by atoms with Gasteiger partial charge in [-0.05, 0) is 57.9 Å². The van der Waals surface area contributed by atoms with Crippen molar-refractivity contribution in [2.45, 2.75) is 58.5 Å². The van der Waals surface area contributed by atoms with Crippen LogP contribution in [-0.4, -0.2) is 30.6 Å². The summed E-state index contributed by atoms with van der Waals surface area (Å²) in [4.78, 5) is 37.6. The van der Waals surface area contributed by atoms with Crippen molar-refractivity contribution in [3.8, 4) is 0 Å². The number of fused-ring (bicyclic) bond motifs is 1. The zero-order valence-electron chi connectivity index (χ0n) is 14.6. The molecular formula is C18H23NO5S. The third-order valence-electron chi connectivity index (χ3n) is 4.46. The predicted octanol–water partition coefficient (Wildman–Crippen LogP) is 3.08. The van der Waals surface area contributed by atoms with Gasteiger partial charge in [0.1, 0.15) is 5.00 Å². The van der Waals surface area contributed by atoms with E-state index in [2.05, 4.69) is 5.32 Å². The van der Waals surface area contributed by atoms with Crippen molar-refractivity contribution in [3.63, 3.8) is 0 Å². The van der Waals surface area contributed by atoms with Crippen molar-refractivity contribution in [1.29, 1.82) is 0 Å². The zero-order valence-corrected chi connectivity index (χ0v) is 15.4. The van der Waals surface area contributed by atoms with Gasteiger partial charge in [-0.25, -0.2) is 4.79 Å². The number of anilines is 1. The summed E-state index contributed by atoms with van der Waals surface area (Å²) in [5, 5.41) is 3.28. The number of aryl methyl sites for hydroxylation is 1. The minimum Gasteiger partial charge on any atom is -0.462 e. The average molecular weight is 365 g/mol. The molecule has 1 atom stereocenters. The Morgan fingerprint density at radius 2 is 1.96 bits per heavy atom. The number of rotatable bonds is 6. The van der Waals surface area contributed by atoms with Crippen LogP contribution in [0.4, 0.5) is 5.00 Å². The van der Waals surface area contributed by atoms with E-state index >= 15 is 0 Å². The normalized spacial score (nSPS) is 17.4. The number of nitrogens with one attached hydrogen (secondary N) is 1. The van der Waals surface area contributed by atoms with Crippen LogP contribution in [0.3, 0.4) is 0 Å². The van der Waals surface area contributed by atoms with Crippen LogP contribution in [0.5, 0.6) is 0 Å². The summed E-state index contributed by atoms with van der Waals surface area (Å²) in [6.07, 6.45) is 4.62. The summed E-state index contributed by atoms with van der Waals surface area (Å²) in [7, 11) is 0. The van der Waals surface area contributed by atoms with E-state index in [1.807, 2.05) is 0 Å². The van der Waals surface area contributed by atoms with Gasteiger partial charge < -0.3 is 14.8 Å². The fourth-order valence-electron chi connectivity index (χ4n) is 2.93. The Morgan fingerprint density at radius 1 is 1.24 bits per heavy atom. The summed E-state index contributed by atoms with van der Waals surface area (Å²) in [5.74, 6) is -1.20. The minimum atomic E-state index is -0.887. The van der Waals surface area contributed by atoms with E-state index in [0.717, 1.165) is 49.0 Å². The lowest BCUT2D eigenvalue weighted by molar-refractivity contribution is -0.154. The molecule has 6 nitrogen and oxygen atoms in total. The third kappa shape index (κ3) is 4.03. The van der Waals surface area contributed by atoms with Gasteiger partial charge in [0.2, 0.25) is 0 Å². The van der Waals surface area contributed by atoms with Crippen molar-refractivity contribution in [2.24, 2.45) is 5.92 Å². The summed E-state index contributed by atoms with van der Waals surface area (Å²) in [6.45, 7) is 3.59. The van der Waals surface area contributed by atoms with Crippen LogP contribution >= 0.6 is 11.3 Å². The van der Waals surface area contributed by atoms with Gasteiger partial charge in [-0.15, -0.1) is 11.3 Å². The number of amides is 1. The van der Waals surface area contributed by atoms with E-state index in [0.29, 0.717) is 10.6 Å². The largest absolute Gasteiger partial charge is 0.462 e. The van der Waals surface area contributed by atoms with E-state index < -0.39 is 18.0 Å². The molecule has 0 aromatic carbocycles. The first kappa shape index (κ1) is 17.9. The SMILES string of the molecule is CCOC(=O)c1c(NC(=O)[C@H](C)OC(=O)C2CC2)sc2c1CCCC2. The molecule has 2 aliphatic rings. The fourth-order valence-corrected chi connectivity index (χ4v) is 4.21. The van der Waals surface area contributed by atoms with Gasteiger partial charge in [-0.2, -0.15) is 0 Å². The second-order valence-electron chi connectivity index (χ2n) is 6.48. The maximum atomic E-state index is 12.4. The van der Waals surface area contributed by atoms with Crippen molar-refractivity contribution >= 4 is 34.2 Å². The maximum Gasteiger partial charge on any atom is 0.341 e. The van der Waals surface area contributed by atoms with Crippen LogP contribution in [0.25, 0.3) is 0 Å². The van der Waals surface area contributed by atoms with Gasteiger partial charge in [-0.3, -0.25) is 9.59 Å². The van der Waals surface area contributed by atoms with Gasteiger partial charge in [0.25, 0.3) is 5.91 Å². The first-order valence-corrected chi connectivity index (χ1v) is 9.66. The van der Waals surface area contributed by atoms with Crippen LogP contribution in [-0.2, 0) is 31.9 Å². The van der Waals surface area contributed by atoms with E-state index in [-0.39, 0.29) is 18.5 Å². The molecule has 136 valence electrons. The molecule has 0 unspecified atom stereocenters. The van der Waals surface area contributed by atoms with Crippen molar-refractivity contribution in [1.82, 2.24) is 0 Å². The number of carbonyl (C=O) groups is 3. The highest BCUT2D eigenvalue weighted by molar-refractivity contribution is 7.17. The predicted molar refractivity (Wildman–Crippen MR) is 93.8 cm³/mol. The molecule has 1 heterocycles. The van der Waals surface area contributed by atoms with Gasteiger partial charge in [0.05, 0.1) is 18.1 Å². The van der Waals surface area contributed by atoms with Gasteiger partial charge in [0.15, 0.2) is 6.10 Å². The molecule has 0 spiro atoms. The van der Waals surface area contributed by atoms with Crippen LogP contribution in [0.2, 0.25) is 0 Å². The lowest BCUT2D eigenvalue weighted by Crippen LogP contribution is -2.30. The molecule has 1 N–H and O–H groups in total. The van der Waals surface area contributed by atoms with Crippen LogP contribution in [0.1, 0.15) is 60.3 Å². The number of hydrogen-bond donors (Lipinski definition) is 1. The molecule has 0 bridgehead atoms. The average Bonchev–Trinajstić information content (AvgIpc) is 3.36. The Labute approximate surface area is 150 Å². The summed E-state index contributed by atoms with van der Waals surface area (Å²) in [6, 6.07) is 0. The third-order valence-corrected chi connectivity index (χ3v) is 5.67. The second kappa shape index (κ2) is 7.56. The molecule has 1 saturated carbocycles. The fraction of sp³-hybridized carbons (Fsp3) is 0.611. The van der Waals surface area contributed by atoms with Crippen molar-refractivity contribution in [3.05, 3.63) is 16.0 Å². The Hall–Kier alpha value is -1.89. The monoisotopic (exact) mass is 365 g/mol. The molecular weight excluding hydrogens is 342 g/mol. The maximum absolute atomic E-state index is 12.4. The number of ether oxygens (including phenoxy) is 2. The van der Waals surface area contributed by atoms with Gasteiger partial charge in [-0.1, -0.05) is 0 Å². The molecule has 7 heteroatoms. The van der Waals surface area contributed by atoms with Crippen molar-refractivity contribution in [2.75, 3.05) is 11.9 Å². The minimum absolute atomic E-state index is 0.0561. The second-order valence-corrected chi connectivity index (χ2v) is 7.58. The van der Waals surface area contributed by atoms with Gasteiger partial charge >= 0.3 is 11.9 Å². The number of hydrogen-bond acceptors (Lipinski definition) is 6. The molecule has 0 saturated heterocycles. The highest BCUT2D eigenvalue weighted by Gasteiger charge is 2.34. The quantitative estimate of drug-likeness (QED) is 0.784. The first-order valence-electron chi connectivity index (χ1n) is 8.84. The molecule has 1 aromatic rings. The molecule has 0 radical (unpaired) electrons. The molecule has 1 fully saturated rings. The highest BCUT2D eigenvalue weighted by atomic mass is 32.1. The summed E-state index contributed by atoms with van der Waals surface area (Å²) in [5.41, 5.74) is 1.46. The lowest BCUT2D eigenvalue weighted by atomic mass is 9.95. The number of esters is 2. The smallest absolute Gasteiger partial charge is 0.341 e. The van der Waals surface area contributed by atoms with E-state index in [1.165, 1.54) is 11.3 Å². The molecule has 2 aliphatic carbocycles. The van der Waals surface area contributed by atoms with E-state index in [4.69, 9.17) is 9.47 Å². The zero-order chi connectivity index (χ0) is 18.0. The molecule has 1 aromatic heterocycles. The lowest BCUT2D eigenvalue weighted by Gasteiger charge is -2.14. The molecule has 1 amide bonds. The highest BCUT2D eigenvalue weighted by Crippen LogP contribution is 2.38. The topological polar surface area (TPSA) is 81.7 Å². The molecule has 25 heavy (non-hydrogen) atoms. The van der Waals surface area contributed by atoms with E-state index in [9.17, 15) is 14.4 Å². The standard InChI is InChI=1S/C18H23NO5S/c1-3-23-18(22)14-12-6-4-5-7-13(12)25-16(14)19-15(20)10(2)24-17(21)11-8-9-11/h10-11H,3-9H2,1-2H3,(H,19,20)/t10-/m0/s1. The Bertz CT molecular complexity index is 692. The van der Waals surface area contributed by atoms with Crippen LogP contribution in [0, 0.1) is 5.92 Å². The van der Waals surface area contributed by atoms with E-state index in [1.54, 1.807) is 13.8 Å². The van der Waals surface area contributed by atoms with Gasteiger partial charge in [0, 0.05) is 4.88 Å². The molecule has 0 aliphatic heterocycles. The summed E-state index contributed by atoms with van der Waals surface area (Å²) >= 11 is 1.43. The number of carbonyl (C=O) groups excluding carboxylic acids is 3. The summed E-state index contributed by atoms with van der Waals surface area (Å²) < 4.78 is 10.4. The Morgan fingerprint density at radius 3 is 2.64 bits per heavy atom. The Balaban J connectivity index is 1.76. The molecule has 3 rings (SSSR count). The number of thiophene rings is 1. The Kier molecular flexibility index (Phi) is 5.42. The first-order chi connectivity index (χ1) is 12.0. The van der Waals surface area contributed by atoms with Crippen LogP contribution < -0.4 is 5.32 Å². The van der Waals surface area contributed by atoms with Crippen LogP contribution in [0.15, 0.2) is 0 Å². The van der Waals surface area contributed by atoms with Crippen molar-refractivity contribution < 1.29 is 23.9 Å².